The number of nitrogens with one attached hydrogen (secondary N) is 1. The number of carbonyl (C=O) groups excluding carboxylic acids is 1. The highest BCUT2D eigenvalue weighted by Gasteiger charge is 2.18. The van der Waals surface area contributed by atoms with E-state index in [1.54, 1.807) is 13.0 Å². The largest absolute Gasteiger partial charge is 0.504 e. The summed E-state index contributed by atoms with van der Waals surface area (Å²) in [7, 11) is 2.95. The maximum Gasteiger partial charge on any atom is 0.224 e. The third kappa shape index (κ3) is 6.85. The van der Waals surface area contributed by atoms with Crippen LogP contribution in [0.5, 0.6) is 17.2 Å². The third-order valence-corrected chi connectivity index (χ3v) is 4.34. The molecule has 2 N–H and O–H groups in total. The van der Waals surface area contributed by atoms with Gasteiger partial charge in [0.1, 0.15) is 0 Å². The van der Waals surface area contributed by atoms with Crippen molar-refractivity contribution in [3.63, 3.8) is 0 Å². The van der Waals surface area contributed by atoms with Gasteiger partial charge < -0.3 is 19.9 Å². The first-order valence-electron chi connectivity index (χ1n) is 9.29. The van der Waals surface area contributed by atoms with Gasteiger partial charge in [-0.1, -0.05) is 51.9 Å². The number of aromatic hydroxyl groups is 1. The number of methoxy groups -OCH3 is 2. The highest BCUT2D eigenvalue weighted by Crippen LogP contribution is 2.44. The average Bonchev–Trinajstić information content (AvgIpc) is 2.59. The Hall–Kier alpha value is -1.91. The molecular formula is C20H33NO4. The Morgan fingerprint density at radius 1 is 1.00 bits per heavy atom. The molecule has 0 aromatic heterocycles. The number of amides is 1. The fourth-order valence-corrected chi connectivity index (χ4v) is 2.88. The topological polar surface area (TPSA) is 67.8 Å². The molecule has 0 saturated carbocycles. The zero-order valence-electron chi connectivity index (χ0n) is 16.1. The van der Waals surface area contributed by atoms with Crippen LogP contribution in [0.15, 0.2) is 6.07 Å². The van der Waals surface area contributed by atoms with E-state index in [1.165, 1.54) is 52.7 Å². The van der Waals surface area contributed by atoms with Crippen LogP contribution in [-0.2, 0) is 4.79 Å². The molecule has 1 aromatic rings. The van der Waals surface area contributed by atoms with E-state index in [4.69, 9.17) is 9.47 Å². The van der Waals surface area contributed by atoms with Crippen LogP contribution in [0.4, 0.5) is 5.69 Å². The van der Waals surface area contributed by atoms with Crippen LogP contribution in [0.3, 0.4) is 0 Å². The highest BCUT2D eigenvalue weighted by atomic mass is 16.5. The molecule has 0 aliphatic rings. The zero-order chi connectivity index (χ0) is 18.7. The average molecular weight is 351 g/mol. The summed E-state index contributed by atoms with van der Waals surface area (Å²) >= 11 is 0. The van der Waals surface area contributed by atoms with Crippen molar-refractivity contribution in [3.8, 4) is 17.2 Å². The van der Waals surface area contributed by atoms with Gasteiger partial charge in [-0.15, -0.1) is 0 Å². The van der Waals surface area contributed by atoms with Gasteiger partial charge >= 0.3 is 0 Å². The molecule has 0 aliphatic carbocycles. The highest BCUT2D eigenvalue weighted by molar-refractivity contribution is 5.93. The minimum absolute atomic E-state index is 0.0282. The number of hydrogen-bond donors (Lipinski definition) is 2. The van der Waals surface area contributed by atoms with E-state index in [1.807, 2.05) is 0 Å². The van der Waals surface area contributed by atoms with Gasteiger partial charge in [-0.2, -0.15) is 0 Å². The Kier molecular flexibility index (Phi) is 9.81. The Bertz CT molecular complexity index is 543. The Balaban J connectivity index is 2.46. The number of carbonyl (C=O) groups is 1. The van der Waals surface area contributed by atoms with Gasteiger partial charge in [-0.3, -0.25) is 4.79 Å². The van der Waals surface area contributed by atoms with Crippen LogP contribution in [0.2, 0.25) is 0 Å². The molecule has 0 radical (unpaired) electrons. The summed E-state index contributed by atoms with van der Waals surface area (Å²) in [6, 6.07) is 1.70. The van der Waals surface area contributed by atoms with Crippen LogP contribution >= 0.6 is 0 Å². The molecule has 1 amide bonds. The van der Waals surface area contributed by atoms with Gasteiger partial charge in [0.25, 0.3) is 0 Å². The van der Waals surface area contributed by atoms with Gasteiger partial charge in [-0.05, 0) is 25.0 Å². The predicted octanol–water partition coefficient (Wildman–Crippen LogP) is 5.19. The first kappa shape index (κ1) is 21.1. The summed E-state index contributed by atoms with van der Waals surface area (Å²) in [4.78, 5) is 12.2. The summed E-state index contributed by atoms with van der Waals surface area (Å²) in [6.07, 6.45) is 10.1. The Morgan fingerprint density at radius 3 is 2.12 bits per heavy atom. The van der Waals surface area contributed by atoms with Gasteiger partial charge in [0, 0.05) is 6.42 Å². The molecule has 1 aromatic carbocycles. The van der Waals surface area contributed by atoms with Crippen molar-refractivity contribution in [3.05, 3.63) is 11.6 Å². The van der Waals surface area contributed by atoms with Crippen LogP contribution in [0.1, 0.15) is 70.3 Å². The van der Waals surface area contributed by atoms with Crippen molar-refractivity contribution >= 4 is 11.6 Å². The van der Waals surface area contributed by atoms with Crippen LogP contribution in [0, 0.1) is 6.92 Å². The molecule has 0 unspecified atom stereocenters. The summed E-state index contributed by atoms with van der Waals surface area (Å²) < 4.78 is 10.5. The molecule has 25 heavy (non-hydrogen) atoms. The number of ether oxygens (including phenoxy) is 2. The minimum Gasteiger partial charge on any atom is -0.504 e. The second-order valence-electron chi connectivity index (χ2n) is 6.43. The van der Waals surface area contributed by atoms with E-state index in [9.17, 15) is 9.90 Å². The molecule has 0 aliphatic heterocycles. The smallest absolute Gasteiger partial charge is 0.224 e. The Labute approximate surface area is 151 Å². The maximum atomic E-state index is 12.2. The lowest BCUT2D eigenvalue weighted by Crippen LogP contribution is -2.12. The van der Waals surface area contributed by atoms with Crippen molar-refractivity contribution in [2.75, 3.05) is 19.5 Å². The quantitative estimate of drug-likeness (QED) is 0.402. The fourth-order valence-electron chi connectivity index (χ4n) is 2.88. The second-order valence-corrected chi connectivity index (χ2v) is 6.43. The molecule has 0 heterocycles. The number of phenolic OH excluding ortho intramolecular Hbond substituents is 1. The van der Waals surface area contributed by atoms with Gasteiger partial charge in [-0.25, -0.2) is 0 Å². The number of hydrogen-bond acceptors (Lipinski definition) is 4. The molecule has 0 spiro atoms. The van der Waals surface area contributed by atoms with Crippen molar-refractivity contribution in [1.82, 2.24) is 0 Å². The van der Waals surface area contributed by atoms with Crippen LogP contribution < -0.4 is 14.8 Å². The standard InChI is InChI=1S/C20H33NO4/c1-5-6-7-8-9-10-11-12-13-17(22)21-16-14-15(2)18(23)20(25-4)19(16)24-3/h14,23H,5-13H2,1-4H3,(H,21,22). The fraction of sp³-hybridized carbons (Fsp3) is 0.650. The van der Waals surface area contributed by atoms with Crippen molar-refractivity contribution in [1.29, 1.82) is 0 Å². The molecule has 0 fully saturated rings. The summed E-state index contributed by atoms with van der Waals surface area (Å²) in [6.45, 7) is 3.98. The lowest BCUT2D eigenvalue weighted by atomic mass is 10.1. The number of rotatable bonds is 12. The van der Waals surface area contributed by atoms with Gasteiger partial charge in [0.2, 0.25) is 11.7 Å². The molecule has 0 atom stereocenters. The van der Waals surface area contributed by atoms with E-state index in [-0.39, 0.29) is 17.4 Å². The number of phenols is 1. The third-order valence-electron chi connectivity index (χ3n) is 4.34. The maximum absolute atomic E-state index is 12.2. The van der Waals surface area contributed by atoms with E-state index < -0.39 is 0 Å². The number of benzene rings is 1. The first-order chi connectivity index (χ1) is 12.0. The normalized spacial score (nSPS) is 10.6. The van der Waals surface area contributed by atoms with E-state index >= 15 is 0 Å². The lowest BCUT2D eigenvalue weighted by molar-refractivity contribution is -0.116. The van der Waals surface area contributed by atoms with Gasteiger partial charge in [0.05, 0.1) is 19.9 Å². The van der Waals surface area contributed by atoms with Crippen molar-refractivity contribution in [2.45, 2.75) is 71.6 Å². The molecule has 142 valence electrons. The molecule has 0 bridgehead atoms. The van der Waals surface area contributed by atoms with Crippen LogP contribution in [-0.4, -0.2) is 25.2 Å². The number of aryl methyl sites for hydroxylation is 1. The van der Waals surface area contributed by atoms with Crippen molar-refractivity contribution in [2.24, 2.45) is 0 Å². The van der Waals surface area contributed by atoms with E-state index in [0.29, 0.717) is 23.4 Å². The van der Waals surface area contributed by atoms with E-state index in [0.717, 1.165) is 12.8 Å². The van der Waals surface area contributed by atoms with Gasteiger partial charge in [0.15, 0.2) is 11.5 Å². The monoisotopic (exact) mass is 351 g/mol. The summed E-state index contributed by atoms with van der Waals surface area (Å²) in [5.74, 6) is 0.566. The zero-order valence-corrected chi connectivity index (χ0v) is 16.1. The molecular weight excluding hydrogens is 318 g/mol. The summed E-state index contributed by atoms with van der Waals surface area (Å²) in [5, 5.41) is 12.9. The predicted molar refractivity (Wildman–Crippen MR) is 102 cm³/mol. The number of anilines is 1. The molecule has 0 saturated heterocycles. The second kappa shape index (κ2) is 11.6. The Morgan fingerprint density at radius 2 is 1.56 bits per heavy atom. The van der Waals surface area contributed by atoms with Crippen molar-refractivity contribution < 1.29 is 19.4 Å². The lowest BCUT2D eigenvalue weighted by Gasteiger charge is -2.16. The molecule has 5 nitrogen and oxygen atoms in total. The summed E-state index contributed by atoms with van der Waals surface area (Å²) in [5.41, 5.74) is 1.15. The van der Waals surface area contributed by atoms with Crippen LogP contribution in [0.25, 0.3) is 0 Å². The molecule has 5 heteroatoms. The SMILES string of the molecule is CCCCCCCCCCC(=O)Nc1cc(C)c(O)c(OC)c1OC. The number of unbranched alkanes of at least 4 members (excludes halogenated alkanes) is 7. The van der Waals surface area contributed by atoms with E-state index in [2.05, 4.69) is 12.2 Å². The minimum atomic E-state index is -0.0450. The first-order valence-corrected chi connectivity index (χ1v) is 9.29. The molecule has 1 rings (SSSR count).